The zero-order valence-electron chi connectivity index (χ0n) is 19.3. The van der Waals surface area contributed by atoms with E-state index in [1.165, 1.54) is 0 Å². The Balaban J connectivity index is 2.83. The Kier molecular flexibility index (Phi) is 7.39. The van der Waals surface area contributed by atoms with Crippen molar-refractivity contribution in [2.45, 2.75) is 111 Å². The van der Waals surface area contributed by atoms with Crippen LogP contribution in [0.1, 0.15) is 88.0 Å². The Bertz CT molecular complexity index is 564. The molecule has 0 aromatic rings. The highest BCUT2D eigenvalue weighted by atomic mass is 16.4. The molecule has 0 bridgehead atoms. The first kappa shape index (κ1) is 24.9. The Morgan fingerprint density at radius 1 is 0.857 bits per heavy atom. The van der Waals surface area contributed by atoms with Crippen LogP contribution < -0.4 is 10.6 Å². The molecule has 1 aliphatic rings. The number of hydrogen-bond donors (Lipinski definition) is 4. The van der Waals surface area contributed by atoms with E-state index in [0.717, 1.165) is 25.7 Å². The summed E-state index contributed by atoms with van der Waals surface area (Å²) in [6, 6.07) is -1.22. The number of hydrogen-bond acceptors (Lipinski definition) is 4. The summed E-state index contributed by atoms with van der Waals surface area (Å²) in [5, 5.41) is 26.1. The van der Waals surface area contributed by atoms with Crippen molar-refractivity contribution in [3.8, 4) is 0 Å². The topological polar surface area (TPSA) is 98.7 Å². The average molecular weight is 399 g/mol. The van der Waals surface area contributed by atoms with Crippen LogP contribution in [0, 0.1) is 16.7 Å². The summed E-state index contributed by atoms with van der Waals surface area (Å²) < 4.78 is 0. The molecule has 0 saturated heterocycles. The minimum absolute atomic E-state index is 0.223. The van der Waals surface area contributed by atoms with Crippen LogP contribution in [0.5, 0.6) is 0 Å². The van der Waals surface area contributed by atoms with E-state index in [1.54, 1.807) is 0 Å². The van der Waals surface area contributed by atoms with Gasteiger partial charge >= 0.3 is 11.9 Å². The summed E-state index contributed by atoms with van der Waals surface area (Å²) in [4.78, 5) is 23.5. The molecule has 2 atom stereocenters. The van der Waals surface area contributed by atoms with Gasteiger partial charge in [0, 0.05) is 11.1 Å². The van der Waals surface area contributed by atoms with Gasteiger partial charge in [0.05, 0.1) is 0 Å². The molecule has 0 aromatic carbocycles. The van der Waals surface area contributed by atoms with E-state index in [0.29, 0.717) is 5.92 Å². The van der Waals surface area contributed by atoms with Crippen LogP contribution in [0.3, 0.4) is 0 Å². The number of nitrogens with one attached hydrogen (secondary N) is 2. The third-order valence-corrected chi connectivity index (χ3v) is 6.34. The molecular weight excluding hydrogens is 356 g/mol. The fourth-order valence-corrected chi connectivity index (χ4v) is 4.26. The third-order valence-electron chi connectivity index (χ3n) is 6.34. The molecule has 1 aliphatic carbocycles. The molecule has 0 radical (unpaired) electrons. The van der Waals surface area contributed by atoms with Gasteiger partial charge in [0.1, 0.15) is 12.1 Å². The van der Waals surface area contributed by atoms with E-state index in [2.05, 4.69) is 31.4 Å². The number of carbonyl (C=O) groups is 2. The molecule has 0 spiro atoms. The molecule has 2 unspecified atom stereocenters. The van der Waals surface area contributed by atoms with Crippen molar-refractivity contribution in [3.63, 3.8) is 0 Å². The first-order valence-corrected chi connectivity index (χ1v) is 10.4. The van der Waals surface area contributed by atoms with Gasteiger partial charge in [0.25, 0.3) is 0 Å². The van der Waals surface area contributed by atoms with Gasteiger partial charge in [-0.05, 0) is 63.2 Å². The Morgan fingerprint density at radius 3 is 1.57 bits per heavy atom. The molecule has 28 heavy (non-hydrogen) atoms. The molecule has 6 nitrogen and oxygen atoms in total. The summed E-state index contributed by atoms with van der Waals surface area (Å²) in [5.74, 6) is -1.30. The zero-order valence-corrected chi connectivity index (χ0v) is 19.3. The second-order valence-electron chi connectivity index (χ2n) is 11.6. The molecule has 0 amide bonds. The van der Waals surface area contributed by atoms with Crippen molar-refractivity contribution < 1.29 is 19.8 Å². The predicted molar refractivity (Wildman–Crippen MR) is 112 cm³/mol. The van der Waals surface area contributed by atoms with Gasteiger partial charge in [0.2, 0.25) is 0 Å². The minimum atomic E-state index is -0.822. The third kappa shape index (κ3) is 6.45. The van der Waals surface area contributed by atoms with Crippen LogP contribution in [0.4, 0.5) is 0 Å². The normalized spacial score (nSPS) is 26.5. The van der Waals surface area contributed by atoms with Crippen molar-refractivity contribution in [3.05, 3.63) is 0 Å². The van der Waals surface area contributed by atoms with Crippen molar-refractivity contribution in [2.75, 3.05) is 0 Å². The molecular formula is C22H42N2O4. The fourth-order valence-electron chi connectivity index (χ4n) is 4.26. The maximum absolute atomic E-state index is 11.8. The van der Waals surface area contributed by atoms with E-state index in [1.807, 2.05) is 41.5 Å². The lowest BCUT2D eigenvalue weighted by Gasteiger charge is -2.48. The summed E-state index contributed by atoms with van der Waals surface area (Å²) in [6.45, 7) is 17.9. The van der Waals surface area contributed by atoms with Crippen molar-refractivity contribution in [2.24, 2.45) is 16.7 Å². The van der Waals surface area contributed by atoms with Gasteiger partial charge < -0.3 is 10.2 Å². The summed E-state index contributed by atoms with van der Waals surface area (Å²) in [7, 11) is 0. The number of rotatable bonds is 7. The smallest absolute Gasteiger partial charge is 0.321 e. The van der Waals surface area contributed by atoms with Gasteiger partial charge in [-0.25, -0.2) is 0 Å². The van der Waals surface area contributed by atoms with Crippen molar-refractivity contribution in [1.82, 2.24) is 10.6 Å². The van der Waals surface area contributed by atoms with E-state index in [9.17, 15) is 19.8 Å². The minimum Gasteiger partial charge on any atom is -0.480 e. The van der Waals surface area contributed by atoms with Gasteiger partial charge in [-0.3, -0.25) is 20.2 Å². The highest BCUT2D eigenvalue weighted by molar-refractivity contribution is 5.75. The SMILES string of the molecule is CC1(NC(C(=O)O)C(C)(C)C)CCC(C(C)(C)NC(C(=O)O)C(C)(C)C)CC1. The Labute approximate surface area is 170 Å². The standard InChI is InChI=1S/C22H42N2O4/c1-19(2,3)15(17(25)26)23-21(7,8)14-10-12-22(9,13-11-14)24-16(18(27)28)20(4,5)6/h14-16,23-24H,10-13H2,1-9H3,(H,25,26)(H,27,28). The Hall–Kier alpha value is -1.14. The molecule has 4 N–H and O–H groups in total. The molecule has 0 heterocycles. The van der Waals surface area contributed by atoms with E-state index < -0.39 is 24.0 Å². The first-order chi connectivity index (χ1) is 12.4. The number of carboxylic acid groups (broad SMARTS) is 2. The van der Waals surface area contributed by atoms with Gasteiger partial charge in [-0.1, -0.05) is 41.5 Å². The fraction of sp³-hybridized carbons (Fsp3) is 0.909. The zero-order chi connectivity index (χ0) is 22.1. The van der Waals surface area contributed by atoms with Crippen LogP contribution in [0.25, 0.3) is 0 Å². The number of carboxylic acids is 2. The largest absolute Gasteiger partial charge is 0.480 e. The van der Waals surface area contributed by atoms with Crippen LogP contribution in [-0.4, -0.2) is 45.3 Å². The summed E-state index contributed by atoms with van der Waals surface area (Å²) >= 11 is 0. The molecule has 0 aromatic heterocycles. The summed E-state index contributed by atoms with van der Waals surface area (Å²) in [5.41, 5.74) is -1.28. The maximum Gasteiger partial charge on any atom is 0.321 e. The Morgan fingerprint density at radius 2 is 1.25 bits per heavy atom. The quantitative estimate of drug-likeness (QED) is 0.519. The average Bonchev–Trinajstić information content (AvgIpc) is 2.48. The predicted octanol–water partition coefficient (Wildman–Crippen LogP) is 3.89. The highest BCUT2D eigenvalue weighted by Gasteiger charge is 2.44. The van der Waals surface area contributed by atoms with Crippen molar-refractivity contribution >= 4 is 11.9 Å². The van der Waals surface area contributed by atoms with Gasteiger partial charge in [-0.2, -0.15) is 0 Å². The lowest BCUT2D eigenvalue weighted by molar-refractivity contribution is -0.144. The van der Waals surface area contributed by atoms with E-state index >= 15 is 0 Å². The van der Waals surface area contributed by atoms with Crippen LogP contribution in [-0.2, 0) is 9.59 Å². The van der Waals surface area contributed by atoms with Gasteiger partial charge in [0.15, 0.2) is 0 Å². The van der Waals surface area contributed by atoms with Crippen molar-refractivity contribution in [1.29, 1.82) is 0 Å². The first-order valence-electron chi connectivity index (χ1n) is 10.4. The molecule has 1 rings (SSSR count). The highest BCUT2D eigenvalue weighted by Crippen LogP contribution is 2.39. The van der Waals surface area contributed by atoms with Crippen LogP contribution >= 0.6 is 0 Å². The summed E-state index contributed by atoms with van der Waals surface area (Å²) in [6.07, 6.45) is 3.60. The van der Waals surface area contributed by atoms with E-state index in [4.69, 9.17) is 0 Å². The monoisotopic (exact) mass is 398 g/mol. The molecule has 1 saturated carbocycles. The molecule has 6 heteroatoms. The second-order valence-corrected chi connectivity index (χ2v) is 11.6. The van der Waals surface area contributed by atoms with Crippen LogP contribution in [0.15, 0.2) is 0 Å². The molecule has 164 valence electrons. The van der Waals surface area contributed by atoms with Crippen LogP contribution in [0.2, 0.25) is 0 Å². The number of aliphatic carboxylic acids is 2. The second kappa shape index (κ2) is 8.31. The lowest BCUT2D eigenvalue weighted by Crippen LogP contribution is -2.61. The van der Waals surface area contributed by atoms with Gasteiger partial charge in [-0.15, -0.1) is 0 Å². The lowest BCUT2D eigenvalue weighted by atomic mass is 9.69. The maximum atomic E-state index is 11.8. The molecule has 0 aliphatic heterocycles. The molecule has 1 fully saturated rings. The van der Waals surface area contributed by atoms with E-state index in [-0.39, 0.29) is 21.9 Å².